The monoisotopic (exact) mass is 1000 g/mol. The fourth-order valence-electron chi connectivity index (χ4n) is 10.1. The van der Waals surface area contributed by atoms with Crippen LogP contribution in [0.1, 0.15) is 211 Å². The van der Waals surface area contributed by atoms with E-state index in [2.05, 4.69) is 287 Å². The molecule has 72 heavy (non-hydrogen) atoms. The zero-order valence-corrected chi connectivity index (χ0v) is 51.1. The van der Waals surface area contributed by atoms with E-state index >= 15 is 0 Å². The molecule has 0 aliphatic rings. The molecule has 6 aromatic carbocycles. The first-order chi connectivity index (χ1) is 32.5. The Morgan fingerprint density at radius 3 is 0.569 bits per heavy atom. The topological polar surface area (TPSA) is 40.5 Å². The maximum Gasteiger partial charge on any atom is 0.239 e. The molecule has 0 aromatic heterocycles. The van der Waals surface area contributed by atoms with Gasteiger partial charge >= 0.3 is 0 Å². The summed E-state index contributed by atoms with van der Waals surface area (Å²) in [4.78, 5) is 28.3. The summed E-state index contributed by atoms with van der Waals surface area (Å²) in [6.45, 7) is 54.6. The summed E-state index contributed by atoms with van der Waals surface area (Å²) >= 11 is 0. The fourth-order valence-corrected chi connectivity index (χ4v) is 17.0. The van der Waals surface area contributed by atoms with Gasteiger partial charge in [0, 0.05) is 22.3 Å². The highest BCUT2D eigenvalue weighted by molar-refractivity contribution is 7.91. The largest absolute Gasteiger partial charge is 0.239 e. The van der Waals surface area contributed by atoms with Gasteiger partial charge in [-0.25, -0.2) is 9.79 Å². The minimum Gasteiger partial charge on any atom is -0.235 e. The first-order valence-electron chi connectivity index (χ1n) is 26.6. The van der Waals surface area contributed by atoms with Crippen LogP contribution >= 0.6 is 15.0 Å². The Kier molecular flexibility index (Phi) is 15.2. The summed E-state index contributed by atoms with van der Waals surface area (Å²) in [7, 11) is -6.49. The highest BCUT2D eigenvalue weighted by atomic mass is 31.2. The molecule has 0 radical (unpaired) electrons. The second-order valence-electron chi connectivity index (χ2n) is 29.3. The van der Waals surface area contributed by atoms with E-state index in [1.54, 1.807) is 0 Å². The van der Waals surface area contributed by atoms with Gasteiger partial charge < -0.3 is 0 Å². The van der Waals surface area contributed by atoms with Crippen molar-refractivity contribution < 1.29 is 9.79 Å². The normalized spacial score (nSPS) is 14.0. The van der Waals surface area contributed by atoms with Crippen molar-refractivity contribution in [3.8, 4) is 11.1 Å². The van der Waals surface area contributed by atoms with Crippen LogP contribution in [0.4, 0.5) is 0 Å². The van der Waals surface area contributed by atoms with Crippen LogP contribution in [-0.2, 0) is 43.3 Å². The van der Waals surface area contributed by atoms with E-state index in [1.165, 1.54) is 44.5 Å². The highest BCUT2D eigenvalue weighted by Crippen LogP contribution is 2.57. The fraction of sp³-hybridized carbons (Fsp3) is 0.471. The summed E-state index contributed by atoms with van der Waals surface area (Å²) in [5.41, 5.74) is 10.8. The molecule has 4 heteroatoms. The van der Waals surface area contributed by atoms with Crippen molar-refractivity contribution in [2.75, 3.05) is 0 Å². The Balaban J connectivity index is 1.60. The molecule has 6 rings (SSSR count). The molecule has 2 N–H and O–H groups in total. The number of benzene rings is 6. The Morgan fingerprint density at radius 2 is 0.417 bits per heavy atom. The molecule has 0 fully saturated rings. The molecule has 0 spiro atoms. The Morgan fingerprint density at radius 1 is 0.236 bits per heavy atom. The van der Waals surface area contributed by atoms with Crippen molar-refractivity contribution in [3.63, 3.8) is 0 Å². The van der Waals surface area contributed by atoms with Crippen LogP contribution in [0.5, 0.6) is 0 Å². The van der Waals surface area contributed by atoms with E-state index in [0.717, 1.165) is 43.0 Å². The second-order valence-corrected chi connectivity index (χ2v) is 34.8. The first kappa shape index (κ1) is 57.4. The van der Waals surface area contributed by atoms with E-state index in [4.69, 9.17) is 0 Å². The predicted octanol–water partition coefficient (Wildman–Crippen LogP) is 16.1. The minimum absolute atomic E-state index is 0.0492. The summed E-state index contributed by atoms with van der Waals surface area (Å²) in [5.74, 6) is 0. The third-order valence-electron chi connectivity index (χ3n) is 14.9. The molecule has 386 valence electrons. The van der Waals surface area contributed by atoms with Gasteiger partial charge in [-0.15, -0.1) is 0 Å². The first-order valence-corrected chi connectivity index (χ1v) is 30.1. The lowest BCUT2D eigenvalue weighted by atomic mass is 9.80. The van der Waals surface area contributed by atoms with Crippen LogP contribution in [0, 0.1) is 0 Å². The van der Waals surface area contributed by atoms with Crippen LogP contribution in [0.2, 0.25) is 0 Å². The van der Waals surface area contributed by atoms with Gasteiger partial charge in [-0.2, -0.15) is 0 Å². The number of rotatable bonds is 7. The molecule has 6 aromatic rings. The lowest BCUT2D eigenvalue weighted by Gasteiger charge is -2.33. The summed E-state index contributed by atoms with van der Waals surface area (Å²) < 4.78 is 0. The van der Waals surface area contributed by atoms with Crippen LogP contribution in [-0.4, -0.2) is 9.79 Å². The van der Waals surface area contributed by atoms with Crippen molar-refractivity contribution in [2.24, 2.45) is 0 Å². The van der Waals surface area contributed by atoms with Gasteiger partial charge in [0.05, 0.1) is 0 Å². The second kappa shape index (κ2) is 19.0. The van der Waals surface area contributed by atoms with Crippen molar-refractivity contribution in [1.82, 2.24) is 0 Å². The molecule has 0 aliphatic heterocycles. The number of hydrogen-bond acceptors (Lipinski definition) is 2. The molecule has 0 bridgehead atoms. The molecular weight excluding hydrogens is 911 g/mol. The molecule has 0 saturated heterocycles. The van der Waals surface area contributed by atoms with Crippen LogP contribution in [0.15, 0.2) is 121 Å². The molecule has 0 amide bonds. The molecule has 2 nitrogen and oxygen atoms in total. The highest BCUT2D eigenvalue weighted by Gasteiger charge is 2.52. The van der Waals surface area contributed by atoms with E-state index in [0.29, 0.717) is 0 Å². The third kappa shape index (κ3) is 11.5. The van der Waals surface area contributed by atoms with Gasteiger partial charge in [-0.3, -0.25) is 0 Å². The predicted molar refractivity (Wildman–Crippen MR) is 323 cm³/mol. The summed E-state index contributed by atoms with van der Waals surface area (Å²) in [5, 5.41) is 5.96. The van der Waals surface area contributed by atoms with Crippen LogP contribution in [0.25, 0.3) is 11.1 Å². The Hall–Kier alpha value is -3.90. The van der Waals surface area contributed by atoms with E-state index in [9.17, 15) is 9.79 Å². The van der Waals surface area contributed by atoms with E-state index < -0.39 is 15.0 Å². The smallest absolute Gasteiger partial charge is 0.235 e. The summed E-state index contributed by atoms with van der Waals surface area (Å²) in [6.07, 6.45) is 0. The molecule has 0 heterocycles. The molecular formula is C68H94O2P2+2. The lowest BCUT2D eigenvalue weighted by molar-refractivity contribution is 0.566. The minimum atomic E-state index is -3.24. The van der Waals surface area contributed by atoms with E-state index in [1.807, 2.05) is 0 Å². The Labute approximate surface area is 440 Å². The van der Waals surface area contributed by atoms with Gasteiger partial charge in [0.25, 0.3) is 0 Å². The van der Waals surface area contributed by atoms with Gasteiger partial charge in [0.1, 0.15) is 31.8 Å². The van der Waals surface area contributed by atoms with Gasteiger partial charge in [0.15, 0.2) is 0 Å². The zero-order valence-electron chi connectivity index (χ0n) is 49.3. The van der Waals surface area contributed by atoms with Crippen molar-refractivity contribution in [3.05, 3.63) is 166 Å². The van der Waals surface area contributed by atoms with Gasteiger partial charge in [-0.05, 0) is 125 Å². The molecule has 0 aliphatic carbocycles. The average molecular weight is 1010 g/mol. The lowest BCUT2D eigenvalue weighted by Crippen LogP contribution is -2.39. The molecule has 0 unspecified atom stereocenters. The van der Waals surface area contributed by atoms with E-state index in [-0.39, 0.29) is 43.3 Å². The third-order valence-corrected chi connectivity index (χ3v) is 21.3. The average Bonchev–Trinajstić information content (AvgIpc) is 3.25. The molecule has 0 saturated carbocycles. The Bertz CT molecular complexity index is 2560. The van der Waals surface area contributed by atoms with Gasteiger partial charge in [-0.1, -0.05) is 239 Å². The van der Waals surface area contributed by atoms with Crippen LogP contribution in [0.3, 0.4) is 0 Å². The maximum absolute atomic E-state index is 14.2. The van der Waals surface area contributed by atoms with Gasteiger partial charge in [0.2, 0.25) is 15.0 Å². The standard InChI is InChI=1S/C68H94O2P2/c1-61(2,3)47-29-37-57(53(41-47)65(13,14)15)71(69,58-38-30-48(62(4,5)6)42-54(58)66(16,17)18)51-33-25-45(26-34-51)46-27-35-52(36-28-46)72(70,59-39-31-49(63(7,8)9)43-55(59)67(19,20)21)60-40-32-50(64(10,11)12)44-56(60)68(22,23)24/h25-44,69-70H,1-24H3/q+2. The van der Waals surface area contributed by atoms with Crippen molar-refractivity contribution >= 4 is 46.8 Å². The number of hydrogen-bond donors (Lipinski definition) is 2. The summed E-state index contributed by atoms with van der Waals surface area (Å²) in [6, 6.07) is 45.0. The van der Waals surface area contributed by atoms with Crippen molar-refractivity contribution in [1.29, 1.82) is 0 Å². The van der Waals surface area contributed by atoms with Crippen LogP contribution < -0.4 is 31.8 Å². The zero-order chi connectivity index (χ0) is 54.4. The molecule has 0 atom stereocenters. The SMILES string of the molecule is CC(C)(C)c1ccc([P+](O)(c2ccc(-c3ccc([P+](O)(c4ccc(C(C)(C)C)cc4C(C)(C)C)c4ccc(C(C)(C)C)cc4C(C)(C)C)cc3)cc2)c2ccc(C(C)(C)C)cc2C(C)(C)C)c(C(C)(C)C)c1. The quantitative estimate of drug-likeness (QED) is 0.157. The maximum atomic E-state index is 14.2. The van der Waals surface area contributed by atoms with Crippen molar-refractivity contribution in [2.45, 2.75) is 209 Å².